The van der Waals surface area contributed by atoms with Gasteiger partial charge in [0.05, 0.1) is 6.61 Å². The molecule has 0 bridgehead atoms. The van der Waals surface area contributed by atoms with Gasteiger partial charge in [-0.05, 0) is 31.1 Å². The van der Waals surface area contributed by atoms with Crippen LogP contribution >= 0.6 is 0 Å². The van der Waals surface area contributed by atoms with Crippen molar-refractivity contribution in [2.24, 2.45) is 17.3 Å². The zero-order valence-electron chi connectivity index (χ0n) is 15.1. The van der Waals surface area contributed by atoms with Crippen LogP contribution in [0.1, 0.15) is 85.0 Å². The van der Waals surface area contributed by atoms with E-state index in [1.807, 2.05) is 0 Å². The topological polar surface area (TPSA) is 63.6 Å². The van der Waals surface area contributed by atoms with Crippen molar-refractivity contribution in [3.05, 3.63) is 0 Å². The number of carboxylic acid groups (broad SMARTS) is 1. The lowest BCUT2D eigenvalue weighted by atomic mass is 9.78. The van der Waals surface area contributed by atoms with Crippen LogP contribution in [0, 0.1) is 17.3 Å². The molecule has 23 heavy (non-hydrogen) atoms. The minimum Gasteiger partial charge on any atom is -0.480 e. The van der Waals surface area contributed by atoms with Gasteiger partial charge in [0.15, 0.2) is 5.41 Å². The third-order valence-electron chi connectivity index (χ3n) is 5.70. The first-order chi connectivity index (χ1) is 11.0. The zero-order chi connectivity index (χ0) is 17.3. The zero-order valence-corrected chi connectivity index (χ0v) is 15.1. The van der Waals surface area contributed by atoms with Crippen LogP contribution in [-0.4, -0.2) is 23.7 Å². The molecule has 0 saturated heterocycles. The van der Waals surface area contributed by atoms with E-state index in [0.717, 1.165) is 12.3 Å². The van der Waals surface area contributed by atoms with Crippen LogP contribution in [0.3, 0.4) is 0 Å². The molecule has 0 aromatic rings. The van der Waals surface area contributed by atoms with Gasteiger partial charge < -0.3 is 9.84 Å². The summed E-state index contributed by atoms with van der Waals surface area (Å²) in [5.41, 5.74) is -1.36. The molecule has 4 nitrogen and oxygen atoms in total. The fourth-order valence-corrected chi connectivity index (χ4v) is 3.69. The number of carbonyl (C=O) groups is 2. The van der Waals surface area contributed by atoms with Gasteiger partial charge in [0.2, 0.25) is 0 Å². The first-order valence-electron chi connectivity index (χ1n) is 9.40. The van der Waals surface area contributed by atoms with Gasteiger partial charge in [-0.15, -0.1) is 0 Å². The van der Waals surface area contributed by atoms with Gasteiger partial charge in [-0.2, -0.15) is 0 Å². The molecular weight excluding hydrogens is 292 g/mol. The molecule has 1 aliphatic carbocycles. The van der Waals surface area contributed by atoms with Crippen molar-refractivity contribution in [3.8, 4) is 0 Å². The van der Waals surface area contributed by atoms with E-state index in [-0.39, 0.29) is 12.8 Å². The molecule has 1 fully saturated rings. The van der Waals surface area contributed by atoms with Crippen molar-refractivity contribution in [2.45, 2.75) is 85.0 Å². The normalized spacial score (nSPS) is 21.9. The highest BCUT2D eigenvalue weighted by Crippen LogP contribution is 2.34. The van der Waals surface area contributed by atoms with Crippen LogP contribution in [0.2, 0.25) is 0 Å². The van der Waals surface area contributed by atoms with Gasteiger partial charge in [0, 0.05) is 0 Å². The largest absolute Gasteiger partial charge is 0.480 e. The van der Waals surface area contributed by atoms with Crippen molar-refractivity contribution in [2.75, 3.05) is 6.61 Å². The Balaban J connectivity index is 2.32. The maximum atomic E-state index is 12.2. The highest BCUT2D eigenvalue weighted by atomic mass is 16.5. The number of hydrogen-bond acceptors (Lipinski definition) is 3. The Hall–Kier alpha value is -1.06. The van der Waals surface area contributed by atoms with E-state index in [4.69, 9.17) is 4.74 Å². The lowest BCUT2D eigenvalue weighted by Crippen LogP contribution is -2.40. The van der Waals surface area contributed by atoms with Crippen LogP contribution in [0.5, 0.6) is 0 Å². The van der Waals surface area contributed by atoms with E-state index in [1.54, 1.807) is 13.8 Å². The SMILES string of the molecule is CCCCC1CCC(CCOC(=O)C(CC)(CC)C(=O)O)CC1. The van der Waals surface area contributed by atoms with Crippen molar-refractivity contribution in [3.63, 3.8) is 0 Å². The Morgan fingerprint density at radius 2 is 1.52 bits per heavy atom. The summed E-state index contributed by atoms with van der Waals surface area (Å²) >= 11 is 0. The second-order valence-electron chi connectivity index (χ2n) is 7.05. The summed E-state index contributed by atoms with van der Waals surface area (Å²) in [5.74, 6) is -0.118. The van der Waals surface area contributed by atoms with Crippen LogP contribution in [0.4, 0.5) is 0 Å². The van der Waals surface area contributed by atoms with E-state index < -0.39 is 17.4 Å². The lowest BCUT2D eigenvalue weighted by Gasteiger charge is -2.29. The van der Waals surface area contributed by atoms with Crippen LogP contribution in [-0.2, 0) is 14.3 Å². The van der Waals surface area contributed by atoms with Crippen molar-refractivity contribution in [1.82, 2.24) is 0 Å². The second-order valence-corrected chi connectivity index (χ2v) is 7.05. The van der Waals surface area contributed by atoms with Gasteiger partial charge in [0.25, 0.3) is 0 Å². The molecule has 1 saturated carbocycles. The fourth-order valence-electron chi connectivity index (χ4n) is 3.69. The molecule has 0 atom stereocenters. The molecule has 0 aliphatic heterocycles. The minimum absolute atomic E-state index is 0.278. The maximum Gasteiger partial charge on any atom is 0.323 e. The Kier molecular flexibility index (Phi) is 8.64. The summed E-state index contributed by atoms with van der Waals surface area (Å²) in [5, 5.41) is 9.34. The minimum atomic E-state index is -1.36. The maximum absolute atomic E-state index is 12.2. The smallest absolute Gasteiger partial charge is 0.323 e. The Morgan fingerprint density at radius 3 is 1.96 bits per heavy atom. The van der Waals surface area contributed by atoms with E-state index in [2.05, 4.69) is 6.92 Å². The third-order valence-corrected chi connectivity index (χ3v) is 5.70. The van der Waals surface area contributed by atoms with Crippen LogP contribution < -0.4 is 0 Å². The average Bonchev–Trinajstić information content (AvgIpc) is 2.55. The molecule has 0 radical (unpaired) electrons. The molecule has 0 spiro atoms. The quantitative estimate of drug-likeness (QED) is 0.462. The number of carboxylic acids is 1. The molecule has 0 aromatic heterocycles. The Bertz CT molecular complexity index is 366. The number of unbranched alkanes of at least 4 members (excludes halogenated alkanes) is 1. The summed E-state index contributed by atoms with van der Waals surface area (Å²) < 4.78 is 5.33. The molecular formula is C19H34O4. The van der Waals surface area contributed by atoms with Gasteiger partial charge in [-0.1, -0.05) is 65.7 Å². The lowest BCUT2D eigenvalue weighted by molar-refractivity contribution is -0.169. The molecule has 1 aliphatic rings. The number of aliphatic carboxylic acids is 1. The first kappa shape index (κ1) is 20.0. The molecule has 0 heterocycles. The first-order valence-corrected chi connectivity index (χ1v) is 9.40. The van der Waals surface area contributed by atoms with Gasteiger partial charge in [-0.25, -0.2) is 0 Å². The molecule has 4 heteroatoms. The van der Waals surface area contributed by atoms with Gasteiger partial charge in [0.1, 0.15) is 0 Å². The van der Waals surface area contributed by atoms with E-state index in [9.17, 15) is 14.7 Å². The van der Waals surface area contributed by atoms with Crippen LogP contribution in [0.15, 0.2) is 0 Å². The van der Waals surface area contributed by atoms with E-state index in [1.165, 1.54) is 44.9 Å². The average molecular weight is 326 g/mol. The number of rotatable bonds is 10. The van der Waals surface area contributed by atoms with Crippen LogP contribution in [0.25, 0.3) is 0 Å². The predicted octanol–water partition coefficient (Wildman–Crippen LogP) is 4.81. The predicted molar refractivity (Wildman–Crippen MR) is 91.2 cm³/mol. The van der Waals surface area contributed by atoms with E-state index in [0.29, 0.717) is 12.5 Å². The number of carbonyl (C=O) groups excluding carboxylic acids is 1. The van der Waals surface area contributed by atoms with Gasteiger partial charge in [-0.3, -0.25) is 9.59 Å². The molecule has 0 amide bonds. The van der Waals surface area contributed by atoms with E-state index >= 15 is 0 Å². The molecule has 0 unspecified atom stereocenters. The summed E-state index contributed by atoms with van der Waals surface area (Å²) in [6, 6.07) is 0. The highest BCUT2D eigenvalue weighted by molar-refractivity contribution is 5.99. The Labute approximate surface area is 141 Å². The van der Waals surface area contributed by atoms with Crippen molar-refractivity contribution >= 4 is 11.9 Å². The summed E-state index contributed by atoms with van der Waals surface area (Å²) in [6.07, 6.45) is 10.4. The third kappa shape index (κ3) is 5.50. The summed E-state index contributed by atoms with van der Waals surface area (Å²) in [6.45, 7) is 6.06. The molecule has 0 aromatic carbocycles. The molecule has 134 valence electrons. The highest BCUT2D eigenvalue weighted by Gasteiger charge is 2.44. The Morgan fingerprint density at radius 1 is 1.00 bits per heavy atom. The number of esters is 1. The fraction of sp³-hybridized carbons (Fsp3) is 0.895. The summed E-state index contributed by atoms with van der Waals surface area (Å²) in [4.78, 5) is 23.6. The number of hydrogen-bond donors (Lipinski definition) is 1. The summed E-state index contributed by atoms with van der Waals surface area (Å²) in [7, 11) is 0. The van der Waals surface area contributed by atoms with Crippen molar-refractivity contribution in [1.29, 1.82) is 0 Å². The second kappa shape index (κ2) is 9.94. The standard InChI is InChI=1S/C19H34O4/c1-4-7-8-15-9-11-16(12-10-15)13-14-23-18(22)19(5-2,6-3)17(20)21/h15-16H,4-14H2,1-3H3,(H,20,21). The molecule has 1 N–H and O–H groups in total. The number of ether oxygens (including phenoxy) is 1. The van der Waals surface area contributed by atoms with Crippen molar-refractivity contribution < 1.29 is 19.4 Å². The molecule has 1 rings (SSSR count). The van der Waals surface area contributed by atoms with Gasteiger partial charge >= 0.3 is 11.9 Å². The monoisotopic (exact) mass is 326 g/mol.